The Morgan fingerprint density at radius 3 is 2.46 bits per heavy atom. The van der Waals surface area contributed by atoms with E-state index in [0.717, 1.165) is 6.20 Å². The van der Waals surface area contributed by atoms with Gasteiger partial charge in [-0.1, -0.05) is 17.3 Å². The monoisotopic (exact) mass is 338 g/mol. The molecule has 0 saturated heterocycles. The first-order valence-electron chi connectivity index (χ1n) is 6.76. The van der Waals surface area contributed by atoms with Crippen LogP contribution in [-0.2, 0) is 6.42 Å². The molecule has 0 fully saturated rings. The van der Waals surface area contributed by atoms with Gasteiger partial charge in [-0.3, -0.25) is 4.98 Å². The van der Waals surface area contributed by atoms with E-state index in [1.165, 1.54) is 41.3 Å². The van der Waals surface area contributed by atoms with E-state index in [1.54, 1.807) is 6.20 Å². The second-order valence-electron chi connectivity index (χ2n) is 4.84. The van der Waals surface area contributed by atoms with Gasteiger partial charge in [0.2, 0.25) is 0 Å². The maximum atomic E-state index is 14.1. The van der Waals surface area contributed by atoms with Gasteiger partial charge in [0.15, 0.2) is 0 Å². The standard InChI is InChI=1S/C15H10F4N4O/c16-13-8-20-9-14(23-6-5-21-22-23)12(13)7-10-1-3-11(4-2-10)24-15(17,18)19/h1-6,8-9H,7H2. The van der Waals surface area contributed by atoms with Crippen molar-refractivity contribution >= 4 is 0 Å². The molecule has 0 atom stereocenters. The van der Waals surface area contributed by atoms with Gasteiger partial charge in [-0.25, -0.2) is 9.07 Å². The molecule has 0 radical (unpaired) electrons. The van der Waals surface area contributed by atoms with Crippen LogP contribution in [0.5, 0.6) is 5.75 Å². The summed E-state index contributed by atoms with van der Waals surface area (Å²) < 4.78 is 55.8. The molecule has 0 unspecified atom stereocenters. The first-order chi connectivity index (χ1) is 11.4. The molecular formula is C15H10F4N4O. The number of benzene rings is 1. The second-order valence-corrected chi connectivity index (χ2v) is 4.84. The maximum Gasteiger partial charge on any atom is 0.573 e. The highest BCUT2D eigenvalue weighted by Gasteiger charge is 2.30. The summed E-state index contributed by atoms with van der Waals surface area (Å²) in [5, 5.41) is 7.46. The van der Waals surface area contributed by atoms with Crippen LogP contribution in [0.15, 0.2) is 49.1 Å². The Labute approximate surface area is 133 Å². The third-order valence-corrected chi connectivity index (χ3v) is 3.19. The van der Waals surface area contributed by atoms with Gasteiger partial charge in [-0.2, -0.15) is 0 Å². The first-order valence-corrected chi connectivity index (χ1v) is 6.76. The van der Waals surface area contributed by atoms with E-state index >= 15 is 0 Å². The molecule has 2 aromatic heterocycles. The van der Waals surface area contributed by atoms with Gasteiger partial charge in [0.1, 0.15) is 11.6 Å². The van der Waals surface area contributed by atoms with E-state index in [2.05, 4.69) is 20.0 Å². The van der Waals surface area contributed by atoms with E-state index in [-0.39, 0.29) is 12.2 Å². The van der Waals surface area contributed by atoms with Crippen molar-refractivity contribution in [3.8, 4) is 11.4 Å². The minimum absolute atomic E-state index is 0.149. The number of ether oxygens (including phenoxy) is 1. The highest BCUT2D eigenvalue weighted by molar-refractivity contribution is 5.42. The number of halogens is 4. The molecule has 0 aliphatic rings. The van der Waals surface area contributed by atoms with Crippen molar-refractivity contribution in [3.05, 3.63) is 66.0 Å². The molecule has 124 valence electrons. The average molecular weight is 338 g/mol. The number of pyridine rings is 1. The van der Waals surface area contributed by atoms with Crippen LogP contribution in [0.3, 0.4) is 0 Å². The fraction of sp³-hybridized carbons (Fsp3) is 0.133. The second kappa shape index (κ2) is 6.26. The maximum absolute atomic E-state index is 14.1. The molecule has 0 bridgehead atoms. The Hall–Kier alpha value is -2.97. The van der Waals surface area contributed by atoms with E-state index in [0.29, 0.717) is 16.8 Å². The lowest BCUT2D eigenvalue weighted by Crippen LogP contribution is -2.17. The lowest BCUT2D eigenvalue weighted by molar-refractivity contribution is -0.274. The van der Waals surface area contributed by atoms with Crippen molar-refractivity contribution in [1.29, 1.82) is 0 Å². The van der Waals surface area contributed by atoms with E-state index in [4.69, 9.17) is 0 Å². The Kier molecular flexibility index (Phi) is 4.15. The SMILES string of the molecule is Fc1cncc(-n2ccnn2)c1Cc1ccc(OC(F)(F)F)cc1. The van der Waals surface area contributed by atoms with Crippen molar-refractivity contribution in [2.45, 2.75) is 12.8 Å². The largest absolute Gasteiger partial charge is 0.573 e. The topological polar surface area (TPSA) is 52.8 Å². The van der Waals surface area contributed by atoms with E-state index in [1.807, 2.05) is 0 Å². The fourth-order valence-electron chi connectivity index (χ4n) is 2.17. The van der Waals surface area contributed by atoms with Crippen molar-refractivity contribution in [2.75, 3.05) is 0 Å². The van der Waals surface area contributed by atoms with Crippen molar-refractivity contribution < 1.29 is 22.3 Å². The van der Waals surface area contributed by atoms with Crippen LogP contribution in [-0.4, -0.2) is 26.3 Å². The highest BCUT2D eigenvalue weighted by Crippen LogP contribution is 2.25. The van der Waals surface area contributed by atoms with Crippen LogP contribution in [0.2, 0.25) is 0 Å². The zero-order valence-corrected chi connectivity index (χ0v) is 12.0. The van der Waals surface area contributed by atoms with Crippen LogP contribution in [0, 0.1) is 5.82 Å². The van der Waals surface area contributed by atoms with Crippen molar-refractivity contribution in [2.24, 2.45) is 0 Å². The molecule has 0 saturated carbocycles. The molecule has 0 spiro atoms. The third kappa shape index (κ3) is 3.67. The van der Waals surface area contributed by atoms with Crippen LogP contribution in [0.4, 0.5) is 17.6 Å². The lowest BCUT2D eigenvalue weighted by Gasteiger charge is -2.11. The molecule has 2 heterocycles. The molecule has 0 amide bonds. The van der Waals surface area contributed by atoms with Crippen LogP contribution < -0.4 is 4.74 Å². The Balaban J connectivity index is 1.87. The number of rotatable bonds is 4. The molecule has 3 rings (SSSR count). The summed E-state index contributed by atoms with van der Waals surface area (Å²) in [4.78, 5) is 3.79. The molecule has 5 nitrogen and oxygen atoms in total. The van der Waals surface area contributed by atoms with Gasteiger partial charge in [-0.15, -0.1) is 18.3 Å². The predicted octanol–water partition coefficient (Wildman–Crippen LogP) is 3.29. The Morgan fingerprint density at radius 2 is 1.83 bits per heavy atom. The molecule has 9 heteroatoms. The Morgan fingerprint density at radius 1 is 1.08 bits per heavy atom. The van der Waals surface area contributed by atoms with Crippen molar-refractivity contribution in [1.82, 2.24) is 20.0 Å². The summed E-state index contributed by atoms with van der Waals surface area (Å²) in [7, 11) is 0. The number of aromatic nitrogens is 4. The summed E-state index contributed by atoms with van der Waals surface area (Å²) in [5.41, 5.74) is 1.32. The lowest BCUT2D eigenvalue weighted by atomic mass is 10.0. The summed E-state index contributed by atoms with van der Waals surface area (Å²) >= 11 is 0. The van der Waals surface area contributed by atoms with E-state index in [9.17, 15) is 17.6 Å². The molecule has 0 aliphatic carbocycles. The zero-order chi connectivity index (χ0) is 17.2. The smallest absolute Gasteiger partial charge is 0.406 e. The predicted molar refractivity (Wildman–Crippen MR) is 75.0 cm³/mol. The minimum Gasteiger partial charge on any atom is -0.406 e. The van der Waals surface area contributed by atoms with Crippen LogP contribution in [0.25, 0.3) is 5.69 Å². The quantitative estimate of drug-likeness (QED) is 0.685. The normalized spacial score (nSPS) is 11.5. The molecule has 24 heavy (non-hydrogen) atoms. The highest BCUT2D eigenvalue weighted by atomic mass is 19.4. The van der Waals surface area contributed by atoms with Crippen molar-refractivity contribution in [3.63, 3.8) is 0 Å². The van der Waals surface area contributed by atoms with Gasteiger partial charge in [0.05, 0.1) is 30.5 Å². The number of hydrogen-bond donors (Lipinski definition) is 0. The molecule has 3 aromatic rings. The van der Waals surface area contributed by atoms with E-state index < -0.39 is 12.2 Å². The van der Waals surface area contributed by atoms with Gasteiger partial charge >= 0.3 is 6.36 Å². The number of alkyl halides is 3. The molecule has 0 aliphatic heterocycles. The average Bonchev–Trinajstić information content (AvgIpc) is 3.04. The van der Waals surface area contributed by atoms with Crippen LogP contribution >= 0.6 is 0 Å². The summed E-state index contributed by atoms with van der Waals surface area (Å²) in [6, 6.07) is 5.23. The number of hydrogen-bond acceptors (Lipinski definition) is 4. The fourth-order valence-corrected chi connectivity index (χ4v) is 2.17. The molecule has 1 aromatic carbocycles. The zero-order valence-electron chi connectivity index (χ0n) is 12.0. The van der Waals surface area contributed by atoms with Gasteiger partial charge in [-0.05, 0) is 17.7 Å². The minimum atomic E-state index is -4.75. The van der Waals surface area contributed by atoms with Gasteiger partial charge in [0, 0.05) is 12.0 Å². The summed E-state index contributed by atoms with van der Waals surface area (Å²) in [6.45, 7) is 0. The molecule has 0 N–H and O–H groups in total. The Bertz CT molecular complexity index is 816. The molecular weight excluding hydrogens is 328 g/mol. The third-order valence-electron chi connectivity index (χ3n) is 3.19. The summed E-state index contributed by atoms with van der Waals surface area (Å²) in [5.74, 6) is -0.878. The van der Waals surface area contributed by atoms with Gasteiger partial charge < -0.3 is 4.74 Å². The first kappa shape index (κ1) is 15.9. The van der Waals surface area contributed by atoms with Gasteiger partial charge in [0.25, 0.3) is 0 Å². The number of nitrogens with zero attached hydrogens (tertiary/aromatic N) is 4. The van der Waals surface area contributed by atoms with Crippen LogP contribution in [0.1, 0.15) is 11.1 Å². The summed E-state index contributed by atoms with van der Waals surface area (Å²) in [6.07, 6.45) is 0.887.